The molecule has 3 rings (SSSR count). The number of nitrogens with one attached hydrogen (secondary N) is 1. The number of alkyl halides is 3. The standard InChI is InChI=1S/C17H12F3N5O/c18-17(19,20)13-4-1-12(2-5-13)3-8-16(26)24-14-6-7-15(22-9-14)25-11-21-10-23-25/h1-11H,(H,24,26)/b8-3+. The van der Waals surface area contributed by atoms with Crippen LogP contribution in [0.3, 0.4) is 0 Å². The zero-order valence-corrected chi connectivity index (χ0v) is 13.2. The van der Waals surface area contributed by atoms with Crippen LogP contribution in [0.5, 0.6) is 0 Å². The molecule has 0 saturated heterocycles. The first-order valence-corrected chi connectivity index (χ1v) is 7.39. The molecule has 0 spiro atoms. The Kier molecular flexibility index (Phi) is 4.78. The number of nitrogens with zero attached hydrogens (tertiary/aromatic N) is 4. The van der Waals surface area contributed by atoms with Gasteiger partial charge >= 0.3 is 6.18 Å². The van der Waals surface area contributed by atoms with Gasteiger partial charge in [-0.3, -0.25) is 4.79 Å². The molecule has 1 amide bonds. The van der Waals surface area contributed by atoms with Crippen LogP contribution in [-0.2, 0) is 11.0 Å². The molecule has 0 unspecified atom stereocenters. The van der Waals surface area contributed by atoms with Gasteiger partial charge < -0.3 is 5.32 Å². The Balaban J connectivity index is 1.60. The van der Waals surface area contributed by atoms with Gasteiger partial charge in [-0.1, -0.05) is 12.1 Å². The molecular formula is C17H12F3N5O. The van der Waals surface area contributed by atoms with E-state index in [1.807, 2.05) is 0 Å². The van der Waals surface area contributed by atoms with E-state index < -0.39 is 17.6 Å². The summed E-state index contributed by atoms with van der Waals surface area (Å²) in [4.78, 5) is 19.8. The number of aromatic nitrogens is 4. The largest absolute Gasteiger partial charge is 0.416 e. The first-order chi connectivity index (χ1) is 12.4. The number of benzene rings is 1. The van der Waals surface area contributed by atoms with Crippen molar-refractivity contribution in [1.82, 2.24) is 19.7 Å². The zero-order chi connectivity index (χ0) is 18.6. The van der Waals surface area contributed by atoms with Crippen molar-refractivity contribution in [1.29, 1.82) is 0 Å². The molecule has 0 aliphatic rings. The summed E-state index contributed by atoms with van der Waals surface area (Å²) in [5.74, 6) is 0.112. The summed E-state index contributed by atoms with van der Waals surface area (Å²) in [6, 6.07) is 7.81. The Hall–Kier alpha value is -3.49. The number of amides is 1. The number of carbonyl (C=O) groups is 1. The maximum absolute atomic E-state index is 12.5. The summed E-state index contributed by atoms with van der Waals surface area (Å²) in [6.07, 6.45) is 2.60. The summed E-state index contributed by atoms with van der Waals surface area (Å²) in [6.45, 7) is 0. The summed E-state index contributed by atoms with van der Waals surface area (Å²) in [7, 11) is 0. The van der Waals surface area contributed by atoms with Crippen molar-refractivity contribution in [3.63, 3.8) is 0 Å². The lowest BCUT2D eigenvalue weighted by Crippen LogP contribution is -2.08. The first-order valence-electron chi connectivity index (χ1n) is 7.39. The predicted octanol–water partition coefficient (Wildman–Crippen LogP) is 3.33. The van der Waals surface area contributed by atoms with Gasteiger partial charge in [0.1, 0.15) is 12.7 Å². The molecule has 0 aliphatic heterocycles. The lowest BCUT2D eigenvalue weighted by Gasteiger charge is -2.06. The summed E-state index contributed by atoms with van der Waals surface area (Å²) < 4.78 is 39.0. The quantitative estimate of drug-likeness (QED) is 0.725. The van der Waals surface area contributed by atoms with Crippen LogP contribution in [-0.4, -0.2) is 25.7 Å². The van der Waals surface area contributed by atoms with Crippen LogP contribution in [0.2, 0.25) is 0 Å². The second kappa shape index (κ2) is 7.18. The van der Waals surface area contributed by atoms with Crippen molar-refractivity contribution in [3.8, 4) is 5.82 Å². The Bertz CT molecular complexity index is 901. The topological polar surface area (TPSA) is 72.7 Å². The van der Waals surface area contributed by atoms with Crippen LogP contribution in [0.15, 0.2) is 61.3 Å². The van der Waals surface area contributed by atoms with Crippen molar-refractivity contribution >= 4 is 17.7 Å². The van der Waals surface area contributed by atoms with E-state index in [4.69, 9.17) is 0 Å². The molecule has 0 saturated carbocycles. The smallest absolute Gasteiger partial charge is 0.321 e. The van der Waals surface area contributed by atoms with Crippen molar-refractivity contribution < 1.29 is 18.0 Å². The number of rotatable bonds is 4. The van der Waals surface area contributed by atoms with Gasteiger partial charge in [-0.15, -0.1) is 0 Å². The Labute approximate surface area is 146 Å². The first kappa shape index (κ1) is 17.3. The lowest BCUT2D eigenvalue weighted by atomic mass is 10.1. The Morgan fingerprint density at radius 1 is 1.12 bits per heavy atom. The molecule has 0 bridgehead atoms. The fraction of sp³-hybridized carbons (Fsp3) is 0.0588. The van der Waals surface area contributed by atoms with Crippen molar-refractivity contribution in [2.75, 3.05) is 5.32 Å². The lowest BCUT2D eigenvalue weighted by molar-refractivity contribution is -0.137. The molecule has 1 N–H and O–H groups in total. The zero-order valence-electron chi connectivity index (χ0n) is 13.2. The summed E-state index contributed by atoms with van der Waals surface area (Å²) >= 11 is 0. The van der Waals surface area contributed by atoms with Crippen LogP contribution < -0.4 is 5.32 Å². The van der Waals surface area contributed by atoms with Gasteiger partial charge in [-0.2, -0.15) is 18.3 Å². The van der Waals surface area contributed by atoms with Gasteiger partial charge in [0.2, 0.25) is 5.91 Å². The SMILES string of the molecule is O=C(/C=C/c1ccc(C(F)(F)F)cc1)Nc1ccc(-n2cncn2)nc1. The number of anilines is 1. The fourth-order valence-corrected chi connectivity index (χ4v) is 2.06. The monoisotopic (exact) mass is 359 g/mol. The third kappa shape index (κ3) is 4.32. The molecule has 3 aromatic rings. The van der Waals surface area contributed by atoms with E-state index in [0.29, 0.717) is 17.1 Å². The van der Waals surface area contributed by atoms with Gasteiger partial charge in [0.15, 0.2) is 5.82 Å². The maximum Gasteiger partial charge on any atom is 0.416 e. The molecule has 0 aliphatic carbocycles. The maximum atomic E-state index is 12.5. The van der Waals surface area contributed by atoms with Gasteiger partial charge in [-0.05, 0) is 35.9 Å². The van der Waals surface area contributed by atoms with Gasteiger partial charge in [0.05, 0.1) is 17.4 Å². The average molecular weight is 359 g/mol. The highest BCUT2D eigenvalue weighted by molar-refractivity contribution is 6.01. The molecule has 132 valence electrons. The van der Waals surface area contributed by atoms with Crippen LogP contribution in [0.4, 0.5) is 18.9 Å². The van der Waals surface area contributed by atoms with Gasteiger partial charge in [0, 0.05) is 6.08 Å². The van der Waals surface area contributed by atoms with E-state index in [0.717, 1.165) is 12.1 Å². The highest BCUT2D eigenvalue weighted by Crippen LogP contribution is 2.29. The minimum atomic E-state index is -4.38. The third-order valence-corrected chi connectivity index (χ3v) is 3.33. The molecule has 2 heterocycles. The normalized spacial score (nSPS) is 11.7. The van der Waals surface area contributed by atoms with Crippen molar-refractivity contribution in [2.45, 2.75) is 6.18 Å². The number of hydrogen-bond acceptors (Lipinski definition) is 4. The fourth-order valence-electron chi connectivity index (χ4n) is 2.06. The molecular weight excluding hydrogens is 347 g/mol. The summed E-state index contributed by atoms with van der Waals surface area (Å²) in [5, 5.41) is 6.54. The van der Waals surface area contributed by atoms with E-state index >= 15 is 0 Å². The van der Waals surface area contributed by atoms with Gasteiger partial charge in [-0.25, -0.2) is 14.6 Å². The van der Waals surface area contributed by atoms with E-state index in [1.165, 1.54) is 47.8 Å². The molecule has 0 atom stereocenters. The van der Waals surface area contributed by atoms with Crippen LogP contribution in [0, 0.1) is 0 Å². The molecule has 0 radical (unpaired) electrons. The number of pyridine rings is 1. The molecule has 1 aromatic carbocycles. The van der Waals surface area contributed by atoms with E-state index in [9.17, 15) is 18.0 Å². The predicted molar refractivity (Wildman–Crippen MR) is 88.3 cm³/mol. The van der Waals surface area contributed by atoms with Crippen LogP contribution in [0.1, 0.15) is 11.1 Å². The molecule has 6 nitrogen and oxygen atoms in total. The van der Waals surface area contributed by atoms with Crippen LogP contribution >= 0.6 is 0 Å². The third-order valence-electron chi connectivity index (χ3n) is 3.33. The second-order valence-corrected chi connectivity index (χ2v) is 5.19. The highest BCUT2D eigenvalue weighted by atomic mass is 19.4. The Morgan fingerprint density at radius 2 is 1.88 bits per heavy atom. The van der Waals surface area contributed by atoms with Crippen molar-refractivity contribution in [3.05, 3.63) is 72.5 Å². The molecule has 26 heavy (non-hydrogen) atoms. The molecule has 0 fully saturated rings. The highest BCUT2D eigenvalue weighted by Gasteiger charge is 2.29. The minimum absolute atomic E-state index is 0.430. The van der Waals surface area contributed by atoms with Crippen molar-refractivity contribution in [2.24, 2.45) is 0 Å². The minimum Gasteiger partial charge on any atom is -0.321 e. The second-order valence-electron chi connectivity index (χ2n) is 5.19. The van der Waals surface area contributed by atoms with E-state index in [2.05, 4.69) is 20.4 Å². The van der Waals surface area contributed by atoms with E-state index in [1.54, 1.807) is 12.1 Å². The number of carbonyl (C=O) groups excluding carboxylic acids is 1. The van der Waals surface area contributed by atoms with E-state index in [-0.39, 0.29) is 0 Å². The number of hydrogen-bond donors (Lipinski definition) is 1. The molecule has 2 aromatic heterocycles. The van der Waals surface area contributed by atoms with Crippen LogP contribution in [0.25, 0.3) is 11.9 Å². The number of halogens is 3. The van der Waals surface area contributed by atoms with Gasteiger partial charge in [0.25, 0.3) is 0 Å². The Morgan fingerprint density at radius 3 is 2.46 bits per heavy atom. The summed E-state index contributed by atoms with van der Waals surface area (Å²) in [5.41, 5.74) is 0.210. The molecule has 9 heteroatoms. The average Bonchev–Trinajstić information content (AvgIpc) is 3.15.